The highest BCUT2D eigenvalue weighted by Crippen LogP contribution is 2.41. The van der Waals surface area contributed by atoms with Gasteiger partial charge in [0.25, 0.3) is 5.91 Å². The summed E-state index contributed by atoms with van der Waals surface area (Å²) in [5, 5.41) is 7.45. The summed E-state index contributed by atoms with van der Waals surface area (Å²) in [6, 6.07) is 0. The third-order valence-electron chi connectivity index (χ3n) is 4.48. The van der Waals surface area contributed by atoms with E-state index in [1.165, 1.54) is 11.3 Å². The Balaban J connectivity index is 1.89. The molecule has 0 spiro atoms. The van der Waals surface area contributed by atoms with Gasteiger partial charge in [0.05, 0.1) is 16.2 Å². The number of amides is 1. The lowest BCUT2D eigenvalue weighted by molar-refractivity contribution is 0.0901. The second-order valence-corrected chi connectivity index (χ2v) is 9.58. The number of aryl methyl sites for hydroxylation is 2. The second-order valence-electron chi connectivity index (χ2n) is 7.72. The predicted octanol–water partition coefficient (Wildman–Crippen LogP) is 4.71. The van der Waals surface area contributed by atoms with Crippen molar-refractivity contribution in [3.8, 4) is 0 Å². The maximum Gasteiger partial charge on any atom is 0.264 e. The Kier molecular flexibility index (Phi) is 4.55. The van der Waals surface area contributed by atoms with E-state index in [1.54, 1.807) is 11.3 Å². The molecule has 1 N–H and O–H groups in total. The smallest absolute Gasteiger partial charge is 0.264 e. The molecule has 1 fully saturated rings. The van der Waals surface area contributed by atoms with E-state index >= 15 is 0 Å². The normalized spacial score (nSPS) is 17.2. The van der Waals surface area contributed by atoms with Gasteiger partial charge in [0.2, 0.25) is 0 Å². The minimum atomic E-state index is -0.297. The number of carbonyl (C=O) groups excluding carboxylic acids is 1. The van der Waals surface area contributed by atoms with Crippen LogP contribution in [0.2, 0.25) is 0 Å². The summed E-state index contributed by atoms with van der Waals surface area (Å²) in [5.41, 5.74) is 1.52. The van der Waals surface area contributed by atoms with Crippen LogP contribution in [0.3, 0.4) is 0 Å². The zero-order valence-electron chi connectivity index (χ0n) is 15.0. The highest BCUT2D eigenvalue weighted by molar-refractivity contribution is 7.14. The molecular formula is C18H25N3OS2. The second kappa shape index (κ2) is 6.23. The highest BCUT2D eigenvalue weighted by atomic mass is 32.1. The van der Waals surface area contributed by atoms with E-state index in [0.717, 1.165) is 52.0 Å². The number of thiazole rings is 2. The molecule has 1 aliphatic carbocycles. The van der Waals surface area contributed by atoms with Crippen molar-refractivity contribution in [1.82, 2.24) is 15.3 Å². The lowest BCUT2D eigenvalue weighted by Crippen LogP contribution is -2.43. The fraction of sp³-hybridized carbons (Fsp3) is 0.611. The summed E-state index contributed by atoms with van der Waals surface area (Å²) in [6.45, 7) is 10.3. The van der Waals surface area contributed by atoms with Crippen molar-refractivity contribution in [2.45, 2.75) is 71.3 Å². The van der Waals surface area contributed by atoms with E-state index in [9.17, 15) is 4.79 Å². The quantitative estimate of drug-likeness (QED) is 0.859. The first-order chi connectivity index (χ1) is 11.2. The molecule has 1 aliphatic rings. The molecule has 4 nitrogen and oxygen atoms in total. The maximum absolute atomic E-state index is 13.0. The number of hydrogen-bond donors (Lipinski definition) is 1. The monoisotopic (exact) mass is 363 g/mol. The first kappa shape index (κ1) is 17.5. The standard InChI is InChI=1S/C18H25N3OS2/c1-11-10-23-16(19-11)18(8-6-7-9-18)21-14(22)13-12(2)20-15(24-13)17(3,4)5/h10H,6-9H2,1-5H3,(H,21,22). The Hall–Kier alpha value is -1.27. The van der Waals surface area contributed by atoms with Crippen LogP contribution in [0.25, 0.3) is 0 Å². The van der Waals surface area contributed by atoms with Crippen LogP contribution in [-0.2, 0) is 11.0 Å². The van der Waals surface area contributed by atoms with Crippen LogP contribution >= 0.6 is 22.7 Å². The van der Waals surface area contributed by atoms with Crippen molar-refractivity contribution < 1.29 is 4.79 Å². The van der Waals surface area contributed by atoms with Crippen LogP contribution in [0, 0.1) is 13.8 Å². The van der Waals surface area contributed by atoms with Gasteiger partial charge >= 0.3 is 0 Å². The molecule has 1 saturated carbocycles. The molecule has 0 aromatic carbocycles. The third kappa shape index (κ3) is 3.26. The van der Waals surface area contributed by atoms with E-state index in [-0.39, 0.29) is 16.9 Å². The minimum Gasteiger partial charge on any atom is -0.339 e. The van der Waals surface area contributed by atoms with Gasteiger partial charge in [-0.05, 0) is 26.7 Å². The summed E-state index contributed by atoms with van der Waals surface area (Å²) in [5.74, 6) is -0.00440. The van der Waals surface area contributed by atoms with E-state index in [1.807, 2.05) is 13.8 Å². The zero-order valence-corrected chi connectivity index (χ0v) is 16.7. The number of rotatable bonds is 3. The van der Waals surface area contributed by atoms with Crippen molar-refractivity contribution in [3.63, 3.8) is 0 Å². The van der Waals surface area contributed by atoms with Crippen LogP contribution in [0.4, 0.5) is 0 Å². The molecule has 0 saturated heterocycles. The maximum atomic E-state index is 13.0. The number of nitrogens with zero attached hydrogens (tertiary/aromatic N) is 2. The summed E-state index contributed by atoms with van der Waals surface area (Å²) in [6.07, 6.45) is 4.20. The lowest BCUT2D eigenvalue weighted by Gasteiger charge is -2.28. The Labute approximate surface area is 151 Å². The van der Waals surface area contributed by atoms with Gasteiger partial charge in [-0.2, -0.15) is 0 Å². The Bertz CT molecular complexity index is 749. The summed E-state index contributed by atoms with van der Waals surface area (Å²) >= 11 is 3.18. The van der Waals surface area contributed by atoms with Crippen molar-refractivity contribution in [3.05, 3.63) is 31.7 Å². The van der Waals surface area contributed by atoms with Crippen LogP contribution in [0.15, 0.2) is 5.38 Å². The Morgan fingerprint density at radius 3 is 2.38 bits per heavy atom. The fourth-order valence-electron chi connectivity index (χ4n) is 3.15. The van der Waals surface area contributed by atoms with E-state index < -0.39 is 0 Å². The van der Waals surface area contributed by atoms with E-state index in [4.69, 9.17) is 0 Å². The first-order valence-corrected chi connectivity index (χ1v) is 10.1. The number of aromatic nitrogens is 2. The average Bonchev–Trinajstić information content (AvgIpc) is 3.18. The molecule has 0 unspecified atom stereocenters. The summed E-state index contributed by atoms with van der Waals surface area (Å²) < 4.78 is 0. The van der Waals surface area contributed by atoms with Crippen LogP contribution < -0.4 is 5.32 Å². The van der Waals surface area contributed by atoms with E-state index in [0.29, 0.717) is 0 Å². The Morgan fingerprint density at radius 1 is 1.21 bits per heavy atom. The SMILES string of the molecule is Cc1csc(C2(NC(=O)c3sc(C(C)(C)C)nc3C)CCCC2)n1. The van der Waals surface area contributed by atoms with Gasteiger partial charge in [-0.25, -0.2) is 9.97 Å². The summed E-state index contributed by atoms with van der Waals surface area (Å²) in [7, 11) is 0. The molecule has 3 rings (SSSR count). The molecule has 0 bridgehead atoms. The molecule has 0 radical (unpaired) electrons. The zero-order chi connectivity index (χ0) is 17.5. The Morgan fingerprint density at radius 2 is 1.88 bits per heavy atom. The fourth-order valence-corrected chi connectivity index (χ4v) is 5.18. The first-order valence-electron chi connectivity index (χ1n) is 8.44. The van der Waals surface area contributed by atoms with Crippen molar-refractivity contribution in [2.75, 3.05) is 0 Å². The van der Waals surface area contributed by atoms with Crippen molar-refractivity contribution in [2.24, 2.45) is 0 Å². The molecule has 2 aromatic rings. The van der Waals surface area contributed by atoms with Gasteiger partial charge in [-0.15, -0.1) is 22.7 Å². The van der Waals surface area contributed by atoms with Crippen molar-refractivity contribution >= 4 is 28.6 Å². The molecule has 2 aromatic heterocycles. The van der Waals surface area contributed by atoms with Gasteiger partial charge in [-0.1, -0.05) is 33.6 Å². The molecular weight excluding hydrogens is 338 g/mol. The topological polar surface area (TPSA) is 54.9 Å². The molecule has 24 heavy (non-hydrogen) atoms. The van der Waals surface area contributed by atoms with Gasteiger partial charge in [0.15, 0.2) is 0 Å². The number of nitrogens with one attached hydrogen (secondary N) is 1. The summed E-state index contributed by atoms with van der Waals surface area (Å²) in [4.78, 5) is 23.0. The molecule has 130 valence electrons. The average molecular weight is 364 g/mol. The predicted molar refractivity (Wildman–Crippen MR) is 100 cm³/mol. The van der Waals surface area contributed by atoms with Crippen molar-refractivity contribution in [1.29, 1.82) is 0 Å². The largest absolute Gasteiger partial charge is 0.339 e. The van der Waals surface area contributed by atoms with Gasteiger partial charge in [0.1, 0.15) is 9.88 Å². The minimum absolute atomic E-state index is 0.00440. The van der Waals surface area contributed by atoms with E-state index in [2.05, 4.69) is 41.4 Å². The third-order valence-corrected chi connectivity index (χ3v) is 7.23. The molecule has 1 amide bonds. The van der Waals surface area contributed by atoms with Gasteiger partial charge < -0.3 is 5.32 Å². The molecule has 0 atom stereocenters. The van der Waals surface area contributed by atoms with Gasteiger partial charge in [-0.3, -0.25) is 4.79 Å². The number of carbonyl (C=O) groups is 1. The molecule has 6 heteroatoms. The lowest BCUT2D eigenvalue weighted by atomic mass is 9.98. The molecule has 0 aliphatic heterocycles. The van der Waals surface area contributed by atoms with Crippen LogP contribution in [-0.4, -0.2) is 15.9 Å². The van der Waals surface area contributed by atoms with Gasteiger partial charge in [0, 0.05) is 16.5 Å². The number of hydrogen-bond acceptors (Lipinski definition) is 5. The van der Waals surface area contributed by atoms with Crippen LogP contribution in [0.1, 0.15) is 77.5 Å². The molecule has 2 heterocycles. The highest BCUT2D eigenvalue weighted by Gasteiger charge is 2.40. The van der Waals surface area contributed by atoms with Crippen LogP contribution in [0.5, 0.6) is 0 Å².